The summed E-state index contributed by atoms with van der Waals surface area (Å²) in [5, 5.41) is 3.39. The van der Waals surface area contributed by atoms with Crippen molar-refractivity contribution in [3.63, 3.8) is 0 Å². The lowest BCUT2D eigenvalue weighted by molar-refractivity contribution is -0.137. The van der Waals surface area contributed by atoms with Crippen molar-refractivity contribution in [2.24, 2.45) is 5.92 Å². The Labute approximate surface area is 117 Å². The monoisotopic (exact) mass is 270 g/mol. The highest BCUT2D eigenvalue weighted by Crippen LogP contribution is 2.16. The molecule has 1 aliphatic rings. The topological polar surface area (TPSA) is 41.6 Å². The molecule has 1 aliphatic heterocycles. The molecule has 0 saturated carbocycles. The summed E-state index contributed by atoms with van der Waals surface area (Å²) in [6.45, 7) is 9.20. The maximum atomic E-state index is 11.9. The molecule has 1 amide bonds. The molecule has 1 fully saturated rings. The first-order chi connectivity index (χ1) is 9.27. The van der Waals surface area contributed by atoms with Crippen molar-refractivity contribution < 1.29 is 9.53 Å². The Morgan fingerprint density at radius 2 is 2.00 bits per heavy atom. The predicted octanol–water partition coefficient (Wildman–Crippen LogP) is 2.04. The third-order valence-electron chi connectivity index (χ3n) is 3.77. The zero-order valence-electron chi connectivity index (χ0n) is 12.6. The third kappa shape index (κ3) is 6.92. The van der Waals surface area contributed by atoms with E-state index in [4.69, 9.17) is 4.74 Å². The first kappa shape index (κ1) is 16.4. The number of hydrogen-bond acceptors (Lipinski definition) is 3. The molecular formula is C15H30N2O2. The molecule has 0 aromatic carbocycles. The number of carbonyl (C=O) groups excluding carboxylic acids is 1. The van der Waals surface area contributed by atoms with Gasteiger partial charge in [-0.15, -0.1) is 0 Å². The van der Waals surface area contributed by atoms with Gasteiger partial charge in [-0.1, -0.05) is 26.7 Å². The molecule has 4 nitrogen and oxygen atoms in total. The summed E-state index contributed by atoms with van der Waals surface area (Å²) >= 11 is 0. The van der Waals surface area contributed by atoms with Gasteiger partial charge in [-0.25, -0.2) is 0 Å². The van der Waals surface area contributed by atoms with Crippen LogP contribution in [0.3, 0.4) is 0 Å². The quantitative estimate of drug-likeness (QED) is 0.652. The van der Waals surface area contributed by atoms with E-state index in [-0.39, 0.29) is 12.5 Å². The van der Waals surface area contributed by atoms with Gasteiger partial charge in [0.2, 0.25) is 5.91 Å². The van der Waals surface area contributed by atoms with Crippen LogP contribution in [0.2, 0.25) is 0 Å². The van der Waals surface area contributed by atoms with Gasteiger partial charge in [0.05, 0.1) is 0 Å². The van der Waals surface area contributed by atoms with E-state index >= 15 is 0 Å². The van der Waals surface area contributed by atoms with Crippen molar-refractivity contribution in [2.75, 3.05) is 39.4 Å². The highest BCUT2D eigenvalue weighted by Gasteiger charge is 2.22. The van der Waals surface area contributed by atoms with Crippen molar-refractivity contribution in [3.8, 4) is 0 Å². The minimum absolute atomic E-state index is 0.165. The lowest BCUT2D eigenvalue weighted by Gasteiger charge is -2.32. The minimum Gasteiger partial charge on any atom is -0.372 e. The van der Waals surface area contributed by atoms with Gasteiger partial charge in [0.25, 0.3) is 0 Å². The largest absolute Gasteiger partial charge is 0.372 e. The van der Waals surface area contributed by atoms with Gasteiger partial charge < -0.3 is 15.0 Å². The van der Waals surface area contributed by atoms with Crippen LogP contribution in [0.4, 0.5) is 0 Å². The van der Waals surface area contributed by atoms with E-state index in [0.717, 1.165) is 58.0 Å². The Kier molecular flexibility index (Phi) is 8.84. The van der Waals surface area contributed by atoms with Gasteiger partial charge in [-0.2, -0.15) is 0 Å². The summed E-state index contributed by atoms with van der Waals surface area (Å²) in [5.41, 5.74) is 0. The van der Waals surface area contributed by atoms with Crippen LogP contribution in [0, 0.1) is 5.92 Å². The van der Waals surface area contributed by atoms with Gasteiger partial charge in [-0.3, -0.25) is 4.79 Å². The second-order valence-corrected chi connectivity index (χ2v) is 5.39. The molecule has 4 heteroatoms. The summed E-state index contributed by atoms with van der Waals surface area (Å²) in [6.07, 6.45) is 5.68. The van der Waals surface area contributed by atoms with Crippen LogP contribution in [0.1, 0.15) is 46.0 Å². The fraction of sp³-hybridized carbons (Fsp3) is 0.933. The lowest BCUT2D eigenvalue weighted by atomic mass is 9.97. The standard InChI is InChI=1S/C15H30N2O2/c1-3-5-6-11-19-13-15(18)17-9-7-14(8-10-17)12-16-4-2/h14,16H,3-13H2,1-2H3. The Morgan fingerprint density at radius 1 is 1.26 bits per heavy atom. The molecule has 0 spiro atoms. The van der Waals surface area contributed by atoms with E-state index < -0.39 is 0 Å². The van der Waals surface area contributed by atoms with E-state index in [1.807, 2.05) is 4.90 Å². The number of piperidine rings is 1. The molecular weight excluding hydrogens is 240 g/mol. The summed E-state index contributed by atoms with van der Waals surface area (Å²) in [5.74, 6) is 0.896. The van der Waals surface area contributed by atoms with Crippen molar-refractivity contribution in [3.05, 3.63) is 0 Å². The zero-order chi connectivity index (χ0) is 13.9. The molecule has 112 valence electrons. The second-order valence-electron chi connectivity index (χ2n) is 5.39. The molecule has 0 bridgehead atoms. The first-order valence-corrected chi connectivity index (χ1v) is 7.84. The maximum absolute atomic E-state index is 11.9. The van der Waals surface area contributed by atoms with Gasteiger partial charge in [-0.05, 0) is 38.3 Å². The lowest BCUT2D eigenvalue weighted by Crippen LogP contribution is -2.42. The average Bonchev–Trinajstić information content (AvgIpc) is 2.45. The number of nitrogens with one attached hydrogen (secondary N) is 1. The van der Waals surface area contributed by atoms with Crippen LogP contribution in [-0.4, -0.2) is 50.2 Å². The number of rotatable bonds is 9. The van der Waals surface area contributed by atoms with Crippen LogP contribution in [0.15, 0.2) is 0 Å². The van der Waals surface area contributed by atoms with Gasteiger partial charge in [0, 0.05) is 19.7 Å². The smallest absolute Gasteiger partial charge is 0.248 e. The third-order valence-corrected chi connectivity index (χ3v) is 3.77. The maximum Gasteiger partial charge on any atom is 0.248 e. The molecule has 1 saturated heterocycles. The van der Waals surface area contributed by atoms with Crippen LogP contribution in [-0.2, 0) is 9.53 Å². The van der Waals surface area contributed by atoms with E-state index in [1.54, 1.807) is 0 Å². The van der Waals surface area contributed by atoms with Gasteiger partial charge in [0.15, 0.2) is 0 Å². The highest BCUT2D eigenvalue weighted by atomic mass is 16.5. The molecule has 19 heavy (non-hydrogen) atoms. The predicted molar refractivity (Wildman–Crippen MR) is 78.2 cm³/mol. The Balaban J connectivity index is 2.07. The Morgan fingerprint density at radius 3 is 2.63 bits per heavy atom. The number of unbranched alkanes of at least 4 members (excludes halogenated alkanes) is 2. The van der Waals surface area contributed by atoms with Crippen molar-refractivity contribution in [1.82, 2.24) is 10.2 Å². The molecule has 0 radical (unpaired) electrons. The SMILES string of the molecule is CCCCCOCC(=O)N1CCC(CNCC)CC1. The van der Waals surface area contributed by atoms with Crippen molar-refractivity contribution >= 4 is 5.91 Å². The molecule has 1 N–H and O–H groups in total. The summed E-state index contributed by atoms with van der Waals surface area (Å²) < 4.78 is 5.44. The molecule has 0 aromatic rings. The number of likely N-dealkylation sites (tertiary alicyclic amines) is 1. The number of hydrogen-bond donors (Lipinski definition) is 1. The Bertz CT molecular complexity index is 238. The molecule has 0 unspecified atom stereocenters. The minimum atomic E-state index is 0.165. The van der Waals surface area contributed by atoms with Crippen LogP contribution < -0.4 is 5.32 Å². The van der Waals surface area contributed by atoms with E-state index in [2.05, 4.69) is 19.2 Å². The molecule has 0 atom stereocenters. The number of carbonyl (C=O) groups is 1. The van der Waals surface area contributed by atoms with Gasteiger partial charge >= 0.3 is 0 Å². The molecule has 0 aromatic heterocycles. The average molecular weight is 270 g/mol. The van der Waals surface area contributed by atoms with E-state index in [0.29, 0.717) is 0 Å². The zero-order valence-corrected chi connectivity index (χ0v) is 12.6. The first-order valence-electron chi connectivity index (χ1n) is 7.84. The van der Waals surface area contributed by atoms with E-state index in [1.165, 1.54) is 12.8 Å². The fourth-order valence-corrected chi connectivity index (χ4v) is 2.44. The molecule has 1 rings (SSSR count). The molecule has 1 heterocycles. The Hall–Kier alpha value is -0.610. The molecule has 0 aliphatic carbocycles. The fourth-order valence-electron chi connectivity index (χ4n) is 2.44. The summed E-state index contributed by atoms with van der Waals surface area (Å²) in [7, 11) is 0. The number of amides is 1. The number of ether oxygens (including phenoxy) is 1. The van der Waals surface area contributed by atoms with Crippen molar-refractivity contribution in [2.45, 2.75) is 46.0 Å². The van der Waals surface area contributed by atoms with Gasteiger partial charge in [0.1, 0.15) is 6.61 Å². The second kappa shape index (κ2) is 10.2. The summed E-state index contributed by atoms with van der Waals surface area (Å²) in [6, 6.07) is 0. The highest BCUT2D eigenvalue weighted by molar-refractivity contribution is 5.77. The van der Waals surface area contributed by atoms with E-state index in [9.17, 15) is 4.79 Å². The van der Waals surface area contributed by atoms with Crippen LogP contribution in [0.25, 0.3) is 0 Å². The van der Waals surface area contributed by atoms with Crippen LogP contribution in [0.5, 0.6) is 0 Å². The summed E-state index contributed by atoms with van der Waals surface area (Å²) in [4.78, 5) is 13.9. The van der Waals surface area contributed by atoms with Crippen LogP contribution >= 0.6 is 0 Å². The normalized spacial score (nSPS) is 16.8. The number of nitrogens with zero attached hydrogens (tertiary/aromatic N) is 1. The van der Waals surface area contributed by atoms with Crippen molar-refractivity contribution in [1.29, 1.82) is 0 Å².